The number of aromatic nitrogens is 3. The topological polar surface area (TPSA) is 108 Å². The highest BCUT2D eigenvalue weighted by Crippen LogP contribution is 2.37. The molecule has 1 aromatic heterocycles. The van der Waals surface area contributed by atoms with Gasteiger partial charge in [-0.25, -0.2) is 13.4 Å². The largest absolute Gasteiger partial charge is 0.351 e. The molecule has 1 aliphatic heterocycles. The van der Waals surface area contributed by atoms with Gasteiger partial charge < -0.3 is 5.32 Å². The third-order valence-corrected chi connectivity index (χ3v) is 8.72. The fraction of sp³-hybridized carbons (Fsp3) is 0.192. The van der Waals surface area contributed by atoms with Crippen molar-refractivity contribution in [2.24, 2.45) is 0 Å². The highest BCUT2D eigenvalue weighted by atomic mass is 32.2. The quantitative estimate of drug-likeness (QED) is 0.268. The molecule has 8 nitrogen and oxygen atoms in total. The molecule has 0 saturated heterocycles. The average Bonchev–Trinajstić information content (AvgIpc) is 3.51. The standard InChI is InChI=1S/C26H25N5O3S2/c1-18-16-21-17-20(12-13-23(21)31(18)36(33,34)22-10-6-3-7-11-22)25(32)27-14-15-35-26-28-24(29-30-26)19-8-4-2-5-9-19/h2-13,17-18H,14-16H2,1H3,(H,27,32)(H,28,29,30)/t18-/m0/s1. The van der Waals surface area contributed by atoms with E-state index in [4.69, 9.17) is 0 Å². The molecule has 0 aliphatic carbocycles. The number of sulfonamides is 1. The lowest BCUT2D eigenvalue weighted by atomic mass is 10.1. The SMILES string of the molecule is C[C@H]1Cc2cc(C(=O)NCCSc3n[nH]c(-c4ccccc4)n3)ccc2N1S(=O)(=O)c1ccccc1. The summed E-state index contributed by atoms with van der Waals surface area (Å²) in [7, 11) is -3.68. The molecule has 1 atom stereocenters. The van der Waals surface area contributed by atoms with Crippen molar-refractivity contribution < 1.29 is 13.2 Å². The first-order valence-electron chi connectivity index (χ1n) is 11.5. The van der Waals surface area contributed by atoms with Gasteiger partial charge >= 0.3 is 0 Å². The minimum Gasteiger partial charge on any atom is -0.351 e. The fourth-order valence-corrected chi connectivity index (χ4v) is 6.63. The van der Waals surface area contributed by atoms with Crippen LogP contribution < -0.4 is 9.62 Å². The second-order valence-corrected chi connectivity index (χ2v) is 11.3. The van der Waals surface area contributed by atoms with E-state index in [1.54, 1.807) is 48.5 Å². The van der Waals surface area contributed by atoms with Crippen molar-refractivity contribution in [3.63, 3.8) is 0 Å². The Morgan fingerprint density at radius 3 is 2.56 bits per heavy atom. The molecule has 0 fully saturated rings. The number of carbonyl (C=O) groups is 1. The number of anilines is 1. The minimum absolute atomic E-state index is 0.199. The number of carbonyl (C=O) groups excluding carboxylic acids is 1. The van der Waals surface area contributed by atoms with Gasteiger partial charge in [-0.15, -0.1) is 5.10 Å². The van der Waals surface area contributed by atoms with Crippen molar-refractivity contribution in [3.8, 4) is 11.4 Å². The minimum atomic E-state index is -3.68. The lowest BCUT2D eigenvalue weighted by molar-refractivity contribution is 0.0956. The molecule has 0 spiro atoms. The van der Waals surface area contributed by atoms with Gasteiger partial charge in [-0.2, -0.15) is 0 Å². The number of aromatic amines is 1. The van der Waals surface area contributed by atoms with Crippen LogP contribution in [-0.2, 0) is 16.4 Å². The van der Waals surface area contributed by atoms with Gasteiger partial charge in [0.2, 0.25) is 5.16 Å². The van der Waals surface area contributed by atoms with Gasteiger partial charge in [-0.05, 0) is 49.2 Å². The number of thioether (sulfide) groups is 1. The number of H-pyrrole nitrogens is 1. The maximum Gasteiger partial charge on any atom is 0.264 e. The molecule has 36 heavy (non-hydrogen) atoms. The Morgan fingerprint density at radius 1 is 1.08 bits per heavy atom. The Labute approximate surface area is 214 Å². The highest BCUT2D eigenvalue weighted by Gasteiger charge is 2.36. The lowest BCUT2D eigenvalue weighted by Crippen LogP contribution is -2.35. The van der Waals surface area contributed by atoms with Crippen molar-refractivity contribution in [3.05, 3.63) is 90.0 Å². The molecule has 3 aromatic carbocycles. The zero-order valence-corrected chi connectivity index (χ0v) is 21.2. The van der Waals surface area contributed by atoms with Gasteiger partial charge in [-0.1, -0.05) is 60.3 Å². The molecule has 4 aromatic rings. The van der Waals surface area contributed by atoms with Crippen LogP contribution in [0, 0.1) is 0 Å². The van der Waals surface area contributed by atoms with E-state index < -0.39 is 10.0 Å². The van der Waals surface area contributed by atoms with Crippen LogP contribution in [0.3, 0.4) is 0 Å². The van der Waals surface area contributed by atoms with Crippen LogP contribution in [0.5, 0.6) is 0 Å². The van der Waals surface area contributed by atoms with E-state index in [-0.39, 0.29) is 16.8 Å². The summed E-state index contributed by atoms with van der Waals surface area (Å²) in [4.78, 5) is 17.5. The molecule has 0 saturated carbocycles. The molecule has 0 bridgehead atoms. The van der Waals surface area contributed by atoms with Gasteiger partial charge in [-0.3, -0.25) is 14.2 Å². The molecule has 184 valence electrons. The van der Waals surface area contributed by atoms with E-state index in [0.717, 1.165) is 11.1 Å². The lowest BCUT2D eigenvalue weighted by Gasteiger charge is -2.24. The van der Waals surface area contributed by atoms with Crippen molar-refractivity contribution in [1.82, 2.24) is 20.5 Å². The second-order valence-electron chi connectivity index (χ2n) is 8.45. The first-order valence-corrected chi connectivity index (χ1v) is 14.0. The van der Waals surface area contributed by atoms with Crippen LogP contribution in [0.4, 0.5) is 5.69 Å². The molecule has 1 aliphatic rings. The predicted octanol–water partition coefficient (Wildman–Crippen LogP) is 4.13. The molecule has 1 amide bonds. The summed E-state index contributed by atoms with van der Waals surface area (Å²) in [6, 6.07) is 23.1. The van der Waals surface area contributed by atoms with Gasteiger partial charge in [0.15, 0.2) is 5.82 Å². The van der Waals surface area contributed by atoms with Crippen LogP contribution in [0.15, 0.2) is 88.9 Å². The summed E-state index contributed by atoms with van der Waals surface area (Å²) < 4.78 is 27.9. The second kappa shape index (κ2) is 10.2. The number of amides is 1. The first kappa shape index (κ1) is 24.1. The Hall–Kier alpha value is -3.63. The average molecular weight is 520 g/mol. The molecular formula is C26H25N5O3S2. The molecule has 5 rings (SSSR count). The van der Waals surface area contributed by atoms with E-state index in [2.05, 4.69) is 20.5 Å². The van der Waals surface area contributed by atoms with Crippen LogP contribution in [0.1, 0.15) is 22.8 Å². The van der Waals surface area contributed by atoms with Crippen LogP contribution in [0.25, 0.3) is 11.4 Å². The van der Waals surface area contributed by atoms with E-state index in [0.29, 0.717) is 41.0 Å². The Bertz CT molecular complexity index is 1470. The Kier molecular flexibility index (Phi) is 6.80. The van der Waals surface area contributed by atoms with Gasteiger partial charge in [0.1, 0.15) is 0 Å². The number of benzene rings is 3. The van der Waals surface area contributed by atoms with E-state index in [1.807, 2.05) is 37.3 Å². The monoisotopic (exact) mass is 519 g/mol. The van der Waals surface area contributed by atoms with Gasteiger partial charge in [0, 0.05) is 29.5 Å². The van der Waals surface area contributed by atoms with Crippen LogP contribution in [0.2, 0.25) is 0 Å². The zero-order chi connectivity index (χ0) is 25.1. The maximum absolute atomic E-state index is 13.2. The number of hydrogen-bond acceptors (Lipinski definition) is 6. The fourth-order valence-electron chi connectivity index (χ4n) is 4.26. The van der Waals surface area contributed by atoms with Crippen molar-refractivity contribution >= 4 is 33.4 Å². The van der Waals surface area contributed by atoms with Crippen molar-refractivity contribution in [2.75, 3.05) is 16.6 Å². The third kappa shape index (κ3) is 4.87. The van der Waals surface area contributed by atoms with E-state index >= 15 is 0 Å². The molecule has 10 heteroatoms. The van der Waals surface area contributed by atoms with Crippen molar-refractivity contribution in [1.29, 1.82) is 0 Å². The number of nitrogens with zero attached hydrogens (tertiary/aromatic N) is 3. The summed E-state index contributed by atoms with van der Waals surface area (Å²) in [5.41, 5.74) is 2.94. The smallest absolute Gasteiger partial charge is 0.264 e. The Morgan fingerprint density at radius 2 is 1.81 bits per heavy atom. The summed E-state index contributed by atoms with van der Waals surface area (Å²) in [5, 5.41) is 10.7. The summed E-state index contributed by atoms with van der Waals surface area (Å²) >= 11 is 1.45. The number of nitrogens with one attached hydrogen (secondary N) is 2. The zero-order valence-electron chi connectivity index (χ0n) is 19.6. The third-order valence-electron chi connectivity index (χ3n) is 5.93. The number of rotatable bonds is 8. The van der Waals surface area contributed by atoms with E-state index in [9.17, 15) is 13.2 Å². The number of fused-ring (bicyclic) bond motifs is 1. The molecule has 2 heterocycles. The molecule has 0 unspecified atom stereocenters. The summed E-state index contributed by atoms with van der Waals surface area (Å²) in [6.45, 7) is 2.32. The molecule has 2 N–H and O–H groups in total. The number of hydrogen-bond donors (Lipinski definition) is 2. The highest BCUT2D eigenvalue weighted by molar-refractivity contribution is 7.99. The molecular weight excluding hydrogens is 494 g/mol. The first-order chi connectivity index (χ1) is 17.4. The van der Waals surface area contributed by atoms with Crippen LogP contribution in [-0.4, -0.2) is 47.8 Å². The molecule has 0 radical (unpaired) electrons. The maximum atomic E-state index is 13.2. The normalized spacial score (nSPS) is 15.0. The van der Waals surface area contributed by atoms with Gasteiger partial charge in [0.25, 0.3) is 15.9 Å². The Balaban J connectivity index is 1.19. The van der Waals surface area contributed by atoms with E-state index in [1.165, 1.54) is 16.1 Å². The van der Waals surface area contributed by atoms with Crippen LogP contribution >= 0.6 is 11.8 Å². The summed E-state index contributed by atoms with van der Waals surface area (Å²) in [5.74, 6) is 1.12. The van der Waals surface area contributed by atoms with Gasteiger partial charge in [0.05, 0.1) is 10.6 Å². The van der Waals surface area contributed by atoms with Crippen molar-refractivity contribution in [2.45, 2.75) is 29.4 Å². The predicted molar refractivity (Wildman–Crippen MR) is 141 cm³/mol. The summed E-state index contributed by atoms with van der Waals surface area (Å²) in [6.07, 6.45) is 0.549.